The monoisotopic (exact) mass is 846 g/mol. The lowest BCUT2D eigenvalue weighted by Gasteiger charge is -2.18. The summed E-state index contributed by atoms with van der Waals surface area (Å²) in [6.45, 7) is 3.96. The summed E-state index contributed by atoms with van der Waals surface area (Å²) >= 11 is 0. The maximum atomic E-state index is 5.28. The highest BCUT2D eigenvalue weighted by atomic mass is 14.9. The van der Waals surface area contributed by atoms with Gasteiger partial charge in [0.15, 0.2) is 11.6 Å². The Kier molecular flexibility index (Phi) is 10.6. The van der Waals surface area contributed by atoms with Crippen LogP contribution in [0.1, 0.15) is 11.5 Å². The Morgan fingerprint density at radius 1 is 0.242 bits per heavy atom. The molecule has 0 atom stereocenters. The third-order valence-corrected chi connectivity index (χ3v) is 11.9. The fourth-order valence-electron chi connectivity index (χ4n) is 8.70. The smallest absolute Gasteiger partial charge is 0.160 e. The largest absolute Gasteiger partial charge is 0.239 e. The second kappa shape index (κ2) is 17.4. The quantitative estimate of drug-likeness (QED) is 0.144. The van der Waals surface area contributed by atoms with Crippen molar-refractivity contribution >= 4 is 10.8 Å². The minimum Gasteiger partial charge on any atom is -0.239 e. The van der Waals surface area contributed by atoms with Gasteiger partial charge in [0, 0.05) is 44.6 Å². The second-order valence-electron chi connectivity index (χ2n) is 16.4. The van der Waals surface area contributed by atoms with Gasteiger partial charge in [-0.15, -0.1) is 0 Å². The standard InChI is InChI=1S/C60H42N6/c1-39-33-54(62-40(2)61-39)48-31-32-51(50-27-14-15-28-52(50)58-38-56(43-20-8-4-9-21-43)63-59(66-58)44-22-10-5-11-23-44)53(36-48)46-25-16-26-47(35-46)57-37-55(42-18-6-3-7-19-42)64-60(65-57)49-30-29-41-17-12-13-24-45(41)34-49/h3-38H,1-2H3. The Bertz CT molecular complexity index is 3470. The van der Waals surface area contributed by atoms with E-state index in [9.17, 15) is 0 Å². The number of aryl methyl sites for hydroxylation is 2. The van der Waals surface area contributed by atoms with Crippen molar-refractivity contribution in [2.75, 3.05) is 0 Å². The van der Waals surface area contributed by atoms with E-state index in [0.29, 0.717) is 11.6 Å². The summed E-state index contributed by atoms with van der Waals surface area (Å²) in [6.07, 6.45) is 0. The number of rotatable bonds is 9. The SMILES string of the molecule is Cc1cc(-c2ccc(-c3ccccc3-c3cc(-c4ccccc4)nc(-c4ccccc4)n3)c(-c3cccc(-c4cc(-c5ccccc5)nc(-c5ccc6ccccc6c5)n4)c3)c2)nc(C)n1. The molecule has 312 valence electrons. The minimum atomic E-state index is 0.669. The van der Waals surface area contributed by atoms with Crippen LogP contribution in [0.5, 0.6) is 0 Å². The van der Waals surface area contributed by atoms with E-state index in [4.69, 9.17) is 24.9 Å². The fraction of sp³-hybridized carbons (Fsp3) is 0.0333. The van der Waals surface area contributed by atoms with Crippen LogP contribution in [0.25, 0.3) is 112 Å². The Hall–Kier alpha value is -8.74. The molecule has 0 N–H and O–H groups in total. The first-order valence-electron chi connectivity index (χ1n) is 22.1. The van der Waals surface area contributed by atoms with Crippen LogP contribution >= 0.6 is 0 Å². The molecule has 0 amide bonds. The minimum absolute atomic E-state index is 0.669. The maximum absolute atomic E-state index is 5.28. The fourth-order valence-corrected chi connectivity index (χ4v) is 8.70. The average molecular weight is 847 g/mol. The molecular formula is C60H42N6. The first kappa shape index (κ1) is 40.1. The molecule has 11 aromatic rings. The molecule has 0 spiro atoms. The molecule has 0 aliphatic carbocycles. The van der Waals surface area contributed by atoms with E-state index in [1.807, 2.05) is 74.5 Å². The third kappa shape index (κ3) is 8.15. The second-order valence-corrected chi connectivity index (χ2v) is 16.4. The molecule has 11 rings (SSSR count). The Morgan fingerprint density at radius 2 is 0.727 bits per heavy atom. The van der Waals surface area contributed by atoms with Crippen LogP contribution in [0, 0.1) is 13.8 Å². The number of benzene rings is 8. The molecule has 3 heterocycles. The summed E-state index contributed by atoms with van der Waals surface area (Å²) in [4.78, 5) is 30.3. The van der Waals surface area contributed by atoms with Crippen molar-refractivity contribution < 1.29 is 0 Å². The van der Waals surface area contributed by atoms with Gasteiger partial charge in [0.2, 0.25) is 0 Å². The van der Waals surface area contributed by atoms with Crippen LogP contribution in [0.4, 0.5) is 0 Å². The van der Waals surface area contributed by atoms with Crippen LogP contribution in [-0.4, -0.2) is 29.9 Å². The Morgan fingerprint density at radius 3 is 1.42 bits per heavy atom. The Balaban J connectivity index is 1.10. The van der Waals surface area contributed by atoms with Crippen LogP contribution in [0.2, 0.25) is 0 Å². The van der Waals surface area contributed by atoms with Gasteiger partial charge in [-0.1, -0.05) is 182 Å². The van der Waals surface area contributed by atoms with E-state index in [0.717, 1.165) is 107 Å². The zero-order valence-corrected chi connectivity index (χ0v) is 36.5. The van der Waals surface area contributed by atoms with Crippen molar-refractivity contribution in [1.82, 2.24) is 29.9 Å². The summed E-state index contributed by atoms with van der Waals surface area (Å²) in [6, 6.07) is 75.8. The van der Waals surface area contributed by atoms with Crippen LogP contribution in [0.3, 0.4) is 0 Å². The van der Waals surface area contributed by atoms with Gasteiger partial charge in [-0.25, -0.2) is 29.9 Å². The molecule has 0 fully saturated rings. The Labute approximate surface area is 384 Å². The van der Waals surface area contributed by atoms with Crippen LogP contribution in [0.15, 0.2) is 218 Å². The zero-order chi connectivity index (χ0) is 44.4. The molecule has 0 saturated carbocycles. The molecule has 0 aliphatic rings. The highest BCUT2D eigenvalue weighted by Gasteiger charge is 2.19. The van der Waals surface area contributed by atoms with Gasteiger partial charge in [-0.3, -0.25) is 0 Å². The highest BCUT2D eigenvalue weighted by molar-refractivity contribution is 5.94. The summed E-state index contributed by atoms with van der Waals surface area (Å²) < 4.78 is 0. The number of nitrogens with zero attached hydrogens (tertiary/aromatic N) is 6. The first-order chi connectivity index (χ1) is 32.5. The summed E-state index contributed by atoms with van der Waals surface area (Å²) in [5.41, 5.74) is 16.3. The van der Waals surface area contributed by atoms with E-state index < -0.39 is 0 Å². The summed E-state index contributed by atoms with van der Waals surface area (Å²) in [5.74, 6) is 2.07. The lowest BCUT2D eigenvalue weighted by atomic mass is 9.88. The average Bonchev–Trinajstić information content (AvgIpc) is 3.38. The van der Waals surface area contributed by atoms with Gasteiger partial charge < -0.3 is 0 Å². The van der Waals surface area contributed by atoms with E-state index >= 15 is 0 Å². The predicted molar refractivity (Wildman–Crippen MR) is 269 cm³/mol. The molecule has 0 bridgehead atoms. The number of hydrogen-bond donors (Lipinski definition) is 0. The number of fused-ring (bicyclic) bond motifs is 1. The van der Waals surface area contributed by atoms with Crippen molar-refractivity contribution in [1.29, 1.82) is 0 Å². The molecule has 6 heteroatoms. The topological polar surface area (TPSA) is 77.3 Å². The van der Waals surface area contributed by atoms with Gasteiger partial charge >= 0.3 is 0 Å². The van der Waals surface area contributed by atoms with E-state index in [2.05, 4.69) is 163 Å². The molecule has 0 saturated heterocycles. The van der Waals surface area contributed by atoms with Crippen LogP contribution in [-0.2, 0) is 0 Å². The molecule has 6 nitrogen and oxygen atoms in total. The molecule has 3 aromatic heterocycles. The maximum Gasteiger partial charge on any atom is 0.160 e. The van der Waals surface area contributed by atoms with Crippen molar-refractivity contribution in [3.8, 4) is 101 Å². The van der Waals surface area contributed by atoms with Gasteiger partial charge in [0.05, 0.1) is 28.5 Å². The predicted octanol–water partition coefficient (Wildman–Crippen LogP) is 14.8. The van der Waals surface area contributed by atoms with E-state index in [-0.39, 0.29) is 0 Å². The normalized spacial score (nSPS) is 11.2. The molecule has 0 aliphatic heterocycles. The summed E-state index contributed by atoms with van der Waals surface area (Å²) in [5, 5.41) is 2.32. The van der Waals surface area contributed by atoms with Gasteiger partial charge in [-0.2, -0.15) is 0 Å². The third-order valence-electron chi connectivity index (χ3n) is 11.9. The van der Waals surface area contributed by atoms with Gasteiger partial charge in [0.25, 0.3) is 0 Å². The van der Waals surface area contributed by atoms with Gasteiger partial charge in [-0.05, 0) is 83.3 Å². The van der Waals surface area contributed by atoms with Crippen molar-refractivity contribution in [3.63, 3.8) is 0 Å². The molecular weight excluding hydrogens is 805 g/mol. The van der Waals surface area contributed by atoms with Crippen molar-refractivity contribution in [2.45, 2.75) is 13.8 Å². The summed E-state index contributed by atoms with van der Waals surface area (Å²) in [7, 11) is 0. The molecule has 0 radical (unpaired) electrons. The first-order valence-corrected chi connectivity index (χ1v) is 22.1. The van der Waals surface area contributed by atoms with Crippen LogP contribution < -0.4 is 0 Å². The highest BCUT2D eigenvalue weighted by Crippen LogP contribution is 2.42. The molecule has 66 heavy (non-hydrogen) atoms. The van der Waals surface area contributed by atoms with E-state index in [1.165, 1.54) is 5.39 Å². The number of aromatic nitrogens is 6. The zero-order valence-electron chi connectivity index (χ0n) is 36.5. The number of hydrogen-bond acceptors (Lipinski definition) is 6. The lowest BCUT2D eigenvalue weighted by molar-refractivity contribution is 1.02. The lowest BCUT2D eigenvalue weighted by Crippen LogP contribution is -1.98. The molecule has 8 aromatic carbocycles. The molecule has 0 unspecified atom stereocenters. The van der Waals surface area contributed by atoms with E-state index in [1.54, 1.807) is 0 Å². The van der Waals surface area contributed by atoms with Crippen molar-refractivity contribution in [2.24, 2.45) is 0 Å². The van der Waals surface area contributed by atoms with Crippen molar-refractivity contribution in [3.05, 3.63) is 230 Å². The van der Waals surface area contributed by atoms with Gasteiger partial charge in [0.1, 0.15) is 5.82 Å².